The summed E-state index contributed by atoms with van der Waals surface area (Å²) in [6, 6.07) is 11.9. The van der Waals surface area contributed by atoms with Gasteiger partial charge in [-0.05, 0) is 78.6 Å². The molecular weight excluding hydrogens is 586 g/mol. The molecule has 2 saturated heterocycles. The summed E-state index contributed by atoms with van der Waals surface area (Å²) in [6.07, 6.45) is 1.76. The molecule has 0 saturated carbocycles. The molecule has 0 aromatic heterocycles. The van der Waals surface area contributed by atoms with E-state index in [4.69, 9.17) is 29.3 Å². The number of aliphatic carboxylic acids is 2. The van der Waals surface area contributed by atoms with Gasteiger partial charge in [0.15, 0.2) is 11.5 Å². The largest absolute Gasteiger partial charge is 0.503 e. The standard InChI is InChI=1S/C26H34BrN3O4.C2H2O4/c1-3-34-23-7-5-4-6-22(23)29-12-14-30(15-13-29)26(32)20-8-10-28(11-9-20)18-19-16-21(27)25(31)24(17-19)33-2;3-1(4)2(5)6/h4-7,16-17,20,31H,3,8-15,18H2,1-2H3;(H,3,4)(H,5,6). The molecule has 218 valence electrons. The van der Waals surface area contributed by atoms with E-state index in [0.29, 0.717) is 22.7 Å². The molecule has 11 nitrogen and oxygen atoms in total. The van der Waals surface area contributed by atoms with Gasteiger partial charge in [0, 0.05) is 38.6 Å². The van der Waals surface area contributed by atoms with E-state index in [0.717, 1.165) is 75.7 Å². The van der Waals surface area contributed by atoms with Crippen molar-refractivity contribution in [3.63, 3.8) is 0 Å². The Bertz CT molecular complexity index is 1170. The molecule has 2 aliphatic heterocycles. The van der Waals surface area contributed by atoms with Crippen LogP contribution in [0.15, 0.2) is 40.9 Å². The number of rotatable bonds is 7. The number of aromatic hydroxyl groups is 1. The normalized spacial score (nSPS) is 16.1. The van der Waals surface area contributed by atoms with Crippen molar-refractivity contribution in [2.45, 2.75) is 26.3 Å². The molecule has 40 heavy (non-hydrogen) atoms. The number of phenols is 1. The minimum absolute atomic E-state index is 0.0969. The van der Waals surface area contributed by atoms with Gasteiger partial charge in [-0.25, -0.2) is 9.59 Å². The first-order valence-corrected chi connectivity index (χ1v) is 13.9. The van der Waals surface area contributed by atoms with Gasteiger partial charge in [-0.15, -0.1) is 0 Å². The molecule has 0 aliphatic carbocycles. The Morgan fingerprint density at radius 3 is 2.15 bits per heavy atom. The van der Waals surface area contributed by atoms with Gasteiger partial charge in [0.05, 0.1) is 23.9 Å². The van der Waals surface area contributed by atoms with Gasteiger partial charge < -0.3 is 34.6 Å². The number of nitrogens with zero attached hydrogens (tertiary/aromatic N) is 3. The minimum Gasteiger partial charge on any atom is -0.503 e. The summed E-state index contributed by atoms with van der Waals surface area (Å²) in [5, 5.41) is 24.8. The Balaban J connectivity index is 0.000000663. The summed E-state index contributed by atoms with van der Waals surface area (Å²) in [4.78, 5) is 38.1. The second-order valence-corrected chi connectivity index (χ2v) is 10.4. The second-order valence-electron chi connectivity index (χ2n) is 9.50. The van der Waals surface area contributed by atoms with Crippen LogP contribution >= 0.6 is 15.9 Å². The van der Waals surface area contributed by atoms with Crippen molar-refractivity contribution in [3.05, 3.63) is 46.4 Å². The highest BCUT2D eigenvalue weighted by atomic mass is 79.9. The molecule has 3 N–H and O–H groups in total. The number of piperidine rings is 1. The van der Waals surface area contributed by atoms with Gasteiger partial charge in [-0.2, -0.15) is 0 Å². The summed E-state index contributed by atoms with van der Waals surface area (Å²) >= 11 is 3.40. The van der Waals surface area contributed by atoms with Crippen LogP contribution in [-0.2, 0) is 20.9 Å². The van der Waals surface area contributed by atoms with E-state index in [1.807, 2.05) is 42.2 Å². The molecule has 12 heteroatoms. The summed E-state index contributed by atoms with van der Waals surface area (Å²) in [7, 11) is 1.56. The number of halogens is 1. The van der Waals surface area contributed by atoms with Crippen molar-refractivity contribution in [3.8, 4) is 17.2 Å². The lowest BCUT2D eigenvalue weighted by atomic mass is 9.94. The number of hydrogen-bond donors (Lipinski definition) is 3. The molecule has 4 rings (SSSR count). The van der Waals surface area contributed by atoms with E-state index in [9.17, 15) is 9.90 Å². The fraction of sp³-hybridized carbons (Fsp3) is 0.464. The van der Waals surface area contributed by atoms with Crippen molar-refractivity contribution >= 4 is 39.5 Å². The van der Waals surface area contributed by atoms with Crippen LogP contribution in [0.4, 0.5) is 5.69 Å². The molecule has 2 aliphatic rings. The van der Waals surface area contributed by atoms with Crippen molar-refractivity contribution in [2.75, 3.05) is 57.9 Å². The SMILES string of the molecule is CCOc1ccccc1N1CCN(C(=O)C2CCN(Cc3cc(Br)c(O)c(OC)c3)CC2)CC1.O=C(O)C(=O)O. The van der Waals surface area contributed by atoms with Gasteiger partial charge in [0.25, 0.3) is 0 Å². The number of carbonyl (C=O) groups excluding carboxylic acids is 1. The lowest BCUT2D eigenvalue weighted by Crippen LogP contribution is -2.51. The zero-order valence-corrected chi connectivity index (χ0v) is 24.3. The maximum atomic E-state index is 13.2. The first-order valence-electron chi connectivity index (χ1n) is 13.1. The van der Waals surface area contributed by atoms with Gasteiger partial charge in [-0.1, -0.05) is 12.1 Å². The average Bonchev–Trinajstić information content (AvgIpc) is 2.96. The third-order valence-corrected chi connectivity index (χ3v) is 7.54. The summed E-state index contributed by atoms with van der Waals surface area (Å²) < 4.78 is 11.7. The predicted molar refractivity (Wildman–Crippen MR) is 152 cm³/mol. The van der Waals surface area contributed by atoms with E-state index in [1.54, 1.807) is 7.11 Å². The van der Waals surface area contributed by atoms with Gasteiger partial charge in [0.2, 0.25) is 5.91 Å². The number of carboxylic acid groups (broad SMARTS) is 2. The van der Waals surface area contributed by atoms with Crippen molar-refractivity contribution in [1.29, 1.82) is 0 Å². The number of carboxylic acids is 2. The number of piperazine rings is 1. The van der Waals surface area contributed by atoms with Crippen molar-refractivity contribution < 1.29 is 39.2 Å². The number of benzene rings is 2. The van der Waals surface area contributed by atoms with Crippen molar-refractivity contribution in [2.24, 2.45) is 5.92 Å². The number of anilines is 1. The zero-order chi connectivity index (χ0) is 29.2. The lowest BCUT2D eigenvalue weighted by molar-refractivity contribution is -0.159. The fourth-order valence-electron chi connectivity index (χ4n) is 4.89. The lowest BCUT2D eigenvalue weighted by Gasteiger charge is -2.39. The number of methoxy groups -OCH3 is 1. The highest BCUT2D eigenvalue weighted by Crippen LogP contribution is 2.36. The summed E-state index contributed by atoms with van der Waals surface area (Å²) in [5.74, 6) is -1.75. The third-order valence-electron chi connectivity index (χ3n) is 6.93. The van der Waals surface area contributed by atoms with Crippen LogP contribution in [0.25, 0.3) is 0 Å². The van der Waals surface area contributed by atoms with Gasteiger partial charge in [0.1, 0.15) is 5.75 Å². The Morgan fingerprint density at radius 1 is 0.950 bits per heavy atom. The number of amides is 1. The highest BCUT2D eigenvalue weighted by molar-refractivity contribution is 9.10. The van der Waals surface area contributed by atoms with E-state index < -0.39 is 11.9 Å². The first kappa shape index (κ1) is 31.0. The van der Waals surface area contributed by atoms with Crippen LogP contribution in [0.3, 0.4) is 0 Å². The molecule has 2 heterocycles. The van der Waals surface area contributed by atoms with Crippen LogP contribution in [0.2, 0.25) is 0 Å². The smallest absolute Gasteiger partial charge is 0.414 e. The Kier molecular flexibility index (Phi) is 11.4. The molecule has 0 spiro atoms. The van der Waals surface area contributed by atoms with Crippen molar-refractivity contribution in [1.82, 2.24) is 9.80 Å². The Hall–Kier alpha value is -3.51. The van der Waals surface area contributed by atoms with Gasteiger partial charge in [-0.3, -0.25) is 9.69 Å². The molecule has 0 bridgehead atoms. The van der Waals surface area contributed by atoms with Crippen LogP contribution in [-0.4, -0.2) is 96.0 Å². The first-order chi connectivity index (χ1) is 19.1. The maximum absolute atomic E-state index is 13.2. The highest BCUT2D eigenvalue weighted by Gasteiger charge is 2.31. The summed E-state index contributed by atoms with van der Waals surface area (Å²) in [5.41, 5.74) is 2.19. The number of para-hydroxylation sites is 2. The molecule has 0 atom stereocenters. The minimum atomic E-state index is -1.82. The molecule has 2 aromatic rings. The Morgan fingerprint density at radius 2 is 1.57 bits per heavy atom. The number of likely N-dealkylation sites (tertiary alicyclic amines) is 1. The zero-order valence-electron chi connectivity index (χ0n) is 22.7. The number of carbonyl (C=O) groups is 3. The Labute approximate surface area is 242 Å². The monoisotopic (exact) mass is 621 g/mol. The fourth-order valence-corrected chi connectivity index (χ4v) is 5.38. The van der Waals surface area contributed by atoms with E-state index in [2.05, 4.69) is 31.8 Å². The van der Waals surface area contributed by atoms with Crippen LogP contribution in [0.5, 0.6) is 17.2 Å². The van der Waals surface area contributed by atoms with Gasteiger partial charge >= 0.3 is 11.9 Å². The molecule has 0 unspecified atom stereocenters. The summed E-state index contributed by atoms with van der Waals surface area (Å²) in [6.45, 7) is 8.34. The molecule has 2 fully saturated rings. The molecule has 0 radical (unpaired) electrons. The third kappa shape index (κ3) is 8.25. The van der Waals surface area contributed by atoms with Crippen LogP contribution in [0, 0.1) is 5.92 Å². The van der Waals surface area contributed by atoms with E-state index in [-0.39, 0.29) is 11.7 Å². The van der Waals surface area contributed by atoms with E-state index >= 15 is 0 Å². The van der Waals surface area contributed by atoms with Crippen LogP contribution < -0.4 is 14.4 Å². The van der Waals surface area contributed by atoms with E-state index in [1.165, 1.54) is 0 Å². The topological polar surface area (TPSA) is 140 Å². The quantitative estimate of drug-likeness (QED) is 0.394. The molecular formula is C28H36BrN3O8. The average molecular weight is 623 g/mol. The molecule has 1 amide bonds. The predicted octanol–water partition coefficient (Wildman–Crippen LogP) is 3.28. The van der Waals surface area contributed by atoms with Crippen LogP contribution in [0.1, 0.15) is 25.3 Å². The number of phenolic OH excluding ortho intramolecular Hbond substituents is 1. The molecule has 2 aromatic carbocycles. The maximum Gasteiger partial charge on any atom is 0.414 e. The second kappa shape index (κ2) is 14.8. The number of ether oxygens (including phenoxy) is 2. The number of hydrogen-bond acceptors (Lipinski definition) is 8.